The van der Waals surface area contributed by atoms with Crippen molar-refractivity contribution in [1.82, 2.24) is 0 Å². The van der Waals surface area contributed by atoms with Crippen molar-refractivity contribution in [2.75, 3.05) is 5.32 Å². The minimum atomic E-state index is -0.660. The van der Waals surface area contributed by atoms with Gasteiger partial charge in [0.25, 0.3) is 0 Å². The van der Waals surface area contributed by atoms with E-state index in [9.17, 15) is 8.78 Å². The topological polar surface area (TPSA) is 12.0 Å². The standard InChI is InChI=1S/C12H12ClF2N/c13-10-6-8(14)7-11(15)12(10)16-9-4-2-1-3-5-9/h2,4,6-7,9,16H,1,3,5H2. The molecule has 0 saturated carbocycles. The fourth-order valence-corrected chi connectivity index (χ4v) is 2.05. The van der Waals surface area contributed by atoms with E-state index in [1.54, 1.807) is 0 Å². The summed E-state index contributed by atoms with van der Waals surface area (Å²) in [6.45, 7) is 0. The lowest BCUT2D eigenvalue weighted by Crippen LogP contribution is -2.19. The van der Waals surface area contributed by atoms with Gasteiger partial charge in [-0.2, -0.15) is 0 Å². The van der Waals surface area contributed by atoms with Gasteiger partial charge in [0.15, 0.2) is 5.82 Å². The van der Waals surface area contributed by atoms with Crippen molar-refractivity contribution in [3.8, 4) is 0 Å². The Morgan fingerprint density at radius 1 is 1.31 bits per heavy atom. The number of hydrogen-bond acceptors (Lipinski definition) is 1. The first-order valence-corrected chi connectivity index (χ1v) is 5.62. The van der Waals surface area contributed by atoms with Crippen LogP contribution < -0.4 is 5.32 Å². The summed E-state index contributed by atoms with van der Waals surface area (Å²) in [4.78, 5) is 0. The van der Waals surface area contributed by atoms with E-state index >= 15 is 0 Å². The third-order valence-electron chi connectivity index (χ3n) is 2.59. The first kappa shape index (κ1) is 11.4. The molecule has 0 saturated heterocycles. The van der Waals surface area contributed by atoms with Crippen molar-refractivity contribution in [1.29, 1.82) is 0 Å². The van der Waals surface area contributed by atoms with Crippen LogP contribution in [0.2, 0.25) is 5.02 Å². The Hall–Kier alpha value is -1.09. The molecule has 4 heteroatoms. The molecule has 0 aromatic heterocycles. The molecule has 16 heavy (non-hydrogen) atoms. The van der Waals surface area contributed by atoms with Crippen LogP contribution in [0.1, 0.15) is 19.3 Å². The van der Waals surface area contributed by atoms with Crippen LogP contribution in [-0.2, 0) is 0 Å². The van der Waals surface area contributed by atoms with Crippen LogP contribution in [0.25, 0.3) is 0 Å². The number of halogens is 3. The highest BCUT2D eigenvalue weighted by Gasteiger charge is 2.14. The molecule has 0 fully saturated rings. The number of allylic oxidation sites excluding steroid dienone is 1. The van der Waals surface area contributed by atoms with Crippen LogP contribution in [0.15, 0.2) is 24.3 Å². The Balaban J connectivity index is 2.20. The van der Waals surface area contributed by atoms with Gasteiger partial charge >= 0.3 is 0 Å². The van der Waals surface area contributed by atoms with Crippen LogP contribution in [0.5, 0.6) is 0 Å². The maximum absolute atomic E-state index is 13.5. The van der Waals surface area contributed by atoms with Gasteiger partial charge in [-0.05, 0) is 25.3 Å². The molecule has 1 N–H and O–H groups in total. The average Bonchev–Trinajstić information content (AvgIpc) is 2.25. The van der Waals surface area contributed by atoms with Crippen molar-refractivity contribution < 1.29 is 8.78 Å². The predicted octanol–water partition coefficient (Wildman–Crippen LogP) is 4.14. The van der Waals surface area contributed by atoms with Crippen molar-refractivity contribution in [2.24, 2.45) is 0 Å². The molecule has 0 heterocycles. The van der Waals surface area contributed by atoms with Gasteiger partial charge in [0.05, 0.1) is 10.7 Å². The fourth-order valence-electron chi connectivity index (χ4n) is 1.80. The summed E-state index contributed by atoms with van der Waals surface area (Å²) in [5.74, 6) is -1.31. The van der Waals surface area contributed by atoms with E-state index in [0.717, 1.165) is 31.4 Å². The van der Waals surface area contributed by atoms with Gasteiger partial charge in [-0.3, -0.25) is 0 Å². The fraction of sp³-hybridized carbons (Fsp3) is 0.333. The van der Waals surface area contributed by atoms with Gasteiger partial charge in [0.1, 0.15) is 5.82 Å². The highest BCUT2D eigenvalue weighted by molar-refractivity contribution is 6.33. The summed E-state index contributed by atoms with van der Waals surface area (Å²) in [6.07, 6.45) is 7.09. The summed E-state index contributed by atoms with van der Waals surface area (Å²) in [5, 5.41) is 3.06. The first-order valence-electron chi connectivity index (χ1n) is 5.24. The van der Waals surface area contributed by atoms with E-state index in [-0.39, 0.29) is 16.8 Å². The number of hydrogen-bond donors (Lipinski definition) is 1. The SMILES string of the molecule is Fc1cc(F)c(NC2C=CCCC2)c(Cl)c1. The van der Waals surface area contributed by atoms with E-state index in [1.807, 2.05) is 6.08 Å². The Kier molecular flexibility index (Phi) is 3.44. The van der Waals surface area contributed by atoms with Gasteiger partial charge in [0, 0.05) is 12.1 Å². The summed E-state index contributed by atoms with van der Waals surface area (Å²) < 4.78 is 26.3. The molecule has 0 amide bonds. The van der Waals surface area contributed by atoms with Crippen molar-refractivity contribution in [2.45, 2.75) is 25.3 Å². The third kappa shape index (κ3) is 2.53. The molecule has 1 aromatic rings. The van der Waals surface area contributed by atoms with Crippen molar-refractivity contribution in [3.05, 3.63) is 40.9 Å². The third-order valence-corrected chi connectivity index (χ3v) is 2.89. The highest BCUT2D eigenvalue weighted by atomic mass is 35.5. The van der Waals surface area contributed by atoms with E-state index < -0.39 is 11.6 Å². The summed E-state index contributed by atoms with van der Waals surface area (Å²) in [5.41, 5.74) is 0.180. The van der Waals surface area contributed by atoms with Crippen LogP contribution in [0.4, 0.5) is 14.5 Å². The Morgan fingerprint density at radius 2 is 2.12 bits per heavy atom. The molecule has 0 radical (unpaired) electrons. The average molecular weight is 244 g/mol. The second-order valence-corrected chi connectivity index (χ2v) is 4.26. The molecule has 1 nitrogen and oxygen atoms in total. The molecule has 86 valence electrons. The van der Waals surface area contributed by atoms with Crippen molar-refractivity contribution >= 4 is 17.3 Å². The van der Waals surface area contributed by atoms with Crippen LogP contribution in [-0.4, -0.2) is 6.04 Å². The van der Waals surface area contributed by atoms with Crippen LogP contribution in [0, 0.1) is 11.6 Å². The Bertz CT molecular complexity index is 394. The molecule has 0 spiro atoms. The monoisotopic (exact) mass is 243 g/mol. The van der Waals surface area contributed by atoms with Gasteiger partial charge in [0.2, 0.25) is 0 Å². The molecule has 1 aliphatic rings. The van der Waals surface area contributed by atoms with E-state index in [1.165, 1.54) is 0 Å². The molecule has 1 atom stereocenters. The molecule has 0 aliphatic heterocycles. The highest BCUT2D eigenvalue weighted by Crippen LogP contribution is 2.28. The zero-order valence-corrected chi connectivity index (χ0v) is 9.40. The normalized spacial score (nSPS) is 19.8. The van der Waals surface area contributed by atoms with E-state index in [2.05, 4.69) is 11.4 Å². The van der Waals surface area contributed by atoms with Gasteiger partial charge in [-0.15, -0.1) is 0 Å². The Labute approximate surface area is 98.1 Å². The van der Waals surface area contributed by atoms with E-state index in [4.69, 9.17) is 11.6 Å². The lowest BCUT2D eigenvalue weighted by Gasteiger charge is -2.20. The first-order chi connectivity index (χ1) is 7.66. The second-order valence-electron chi connectivity index (χ2n) is 3.85. The molecular weight excluding hydrogens is 232 g/mol. The summed E-state index contributed by atoms with van der Waals surface area (Å²) >= 11 is 5.79. The molecular formula is C12H12ClF2N. The van der Waals surface area contributed by atoms with Gasteiger partial charge < -0.3 is 5.32 Å². The zero-order valence-electron chi connectivity index (χ0n) is 8.64. The smallest absolute Gasteiger partial charge is 0.150 e. The number of anilines is 1. The minimum Gasteiger partial charge on any atom is -0.375 e. The summed E-state index contributed by atoms with van der Waals surface area (Å²) in [6, 6.07) is 2.02. The lowest BCUT2D eigenvalue weighted by molar-refractivity contribution is 0.582. The molecule has 1 unspecified atom stereocenters. The molecule has 0 bridgehead atoms. The zero-order chi connectivity index (χ0) is 11.5. The van der Waals surface area contributed by atoms with Gasteiger partial charge in [-0.25, -0.2) is 8.78 Å². The Morgan fingerprint density at radius 3 is 2.75 bits per heavy atom. The second kappa shape index (κ2) is 4.83. The largest absolute Gasteiger partial charge is 0.375 e. The number of nitrogens with one attached hydrogen (secondary N) is 1. The summed E-state index contributed by atoms with van der Waals surface area (Å²) in [7, 11) is 0. The predicted molar refractivity (Wildman–Crippen MR) is 61.8 cm³/mol. The van der Waals surface area contributed by atoms with Crippen LogP contribution >= 0.6 is 11.6 Å². The van der Waals surface area contributed by atoms with Crippen LogP contribution in [0.3, 0.4) is 0 Å². The number of rotatable bonds is 2. The maximum Gasteiger partial charge on any atom is 0.150 e. The molecule has 1 aromatic carbocycles. The molecule has 1 aliphatic carbocycles. The lowest BCUT2D eigenvalue weighted by atomic mass is 10.0. The van der Waals surface area contributed by atoms with Crippen molar-refractivity contribution in [3.63, 3.8) is 0 Å². The van der Waals surface area contributed by atoms with Gasteiger partial charge in [-0.1, -0.05) is 23.8 Å². The minimum absolute atomic E-state index is 0.0752. The van der Waals surface area contributed by atoms with E-state index in [0.29, 0.717) is 0 Å². The number of benzene rings is 1. The quantitative estimate of drug-likeness (QED) is 0.770. The maximum atomic E-state index is 13.5. The molecule has 2 rings (SSSR count).